The molecular weight excluding hydrogens is 346 g/mol. The van der Waals surface area contributed by atoms with Crippen LogP contribution in [0.2, 0.25) is 4.34 Å². The molecule has 0 saturated carbocycles. The van der Waals surface area contributed by atoms with Crippen molar-refractivity contribution in [1.29, 1.82) is 0 Å². The van der Waals surface area contributed by atoms with Crippen molar-refractivity contribution >= 4 is 34.6 Å². The summed E-state index contributed by atoms with van der Waals surface area (Å²) in [5, 5.41) is 2.98. The van der Waals surface area contributed by atoms with E-state index in [1.807, 2.05) is 31.2 Å². The molecule has 1 heterocycles. The van der Waals surface area contributed by atoms with E-state index in [1.54, 1.807) is 19.2 Å². The van der Waals surface area contributed by atoms with Crippen LogP contribution in [0.4, 0.5) is 0 Å². The maximum Gasteiger partial charge on any atom is 0.220 e. The number of benzene rings is 1. The van der Waals surface area contributed by atoms with Crippen molar-refractivity contribution in [2.24, 2.45) is 0 Å². The van der Waals surface area contributed by atoms with Crippen LogP contribution in [0, 0.1) is 0 Å². The van der Waals surface area contributed by atoms with E-state index in [1.165, 1.54) is 11.3 Å². The van der Waals surface area contributed by atoms with Crippen LogP contribution >= 0.6 is 22.9 Å². The van der Waals surface area contributed by atoms with Crippen molar-refractivity contribution in [2.45, 2.75) is 32.2 Å². The summed E-state index contributed by atoms with van der Waals surface area (Å²) in [6, 6.07) is 10.9. The molecule has 4 nitrogen and oxygen atoms in total. The first-order chi connectivity index (χ1) is 11.5. The summed E-state index contributed by atoms with van der Waals surface area (Å²) < 4.78 is 5.72. The van der Waals surface area contributed by atoms with E-state index in [9.17, 15) is 9.59 Å². The number of carbonyl (C=O) groups is 2. The van der Waals surface area contributed by atoms with Crippen LogP contribution in [0.25, 0.3) is 0 Å². The number of methoxy groups -OCH3 is 1. The van der Waals surface area contributed by atoms with Crippen LogP contribution in [-0.2, 0) is 4.79 Å². The second kappa shape index (κ2) is 8.85. The van der Waals surface area contributed by atoms with Gasteiger partial charge in [0.15, 0.2) is 5.78 Å². The number of amides is 1. The number of thiophene rings is 1. The van der Waals surface area contributed by atoms with Gasteiger partial charge in [-0.2, -0.15) is 0 Å². The number of hydrogen-bond acceptors (Lipinski definition) is 4. The Kier molecular flexibility index (Phi) is 6.82. The molecule has 2 aromatic rings. The van der Waals surface area contributed by atoms with E-state index in [0.29, 0.717) is 9.21 Å². The van der Waals surface area contributed by atoms with Gasteiger partial charge in [-0.25, -0.2) is 0 Å². The smallest absolute Gasteiger partial charge is 0.220 e. The van der Waals surface area contributed by atoms with Gasteiger partial charge >= 0.3 is 0 Å². The minimum atomic E-state index is -0.131. The van der Waals surface area contributed by atoms with Gasteiger partial charge < -0.3 is 10.1 Å². The molecule has 1 unspecified atom stereocenters. The maximum absolute atomic E-state index is 12.1. The Hall–Kier alpha value is -1.85. The first kappa shape index (κ1) is 18.5. The molecule has 0 aliphatic carbocycles. The average molecular weight is 366 g/mol. The van der Waals surface area contributed by atoms with E-state index in [2.05, 4.69) is 5.32 Å². The van der Waals surface area contributed by atoms with Gasteiger partial charge in [0.1, 0.15) is 5.75 Å². The lowest BCUT2D eigenvalue weighted by Gasteiger charge is -2.17. The monoisotopic (exact) mass is 365 g/mol. The summed E-state index contributed by atoms with van der Waals surface area (Å²) in [6.07, 6.45) is 1.12. The lowest BCUT2D eigenvalue weighted by atomic mass is 10.0. The van der Waals surface area contributed by atoms with E-state index >= 15 is 0 Å². The third-order valence-corrected chi connectivity index (χ3v) is 4.96. The van der Waals surface area contributed by atoms with Crippen molar-refractivity contribution < 1.29 is 14.3 Å². The molecule has 1 aromatic heterocycles. The van der Waals surface area contributed by atoms with Crippen molar-refractivity contribution in [3.63, 3.8) is 0 Å². The van der Waals surface area contributed by atoms with Crippen molar-refractivity contribution in [1.82, 2.24) is 5.32 Å². The largest absolute Gasteiger partial charge is 0.497 e. The summed E-state index contributed by atoms with van der Waals surface area (Å²) in [5.74, 6) is 0.591. The number of ketones is 1. The predicted octanol–water partition coefficient (Wildman–Crippen LogP) is 4.64. The molecule has 1 aromatic carbocycles. The van der Waals surface area contributed by atoms with Crippen molar-refractivity contribution in [3.05, 3.63) is 51.2 Å². The standard InChI is InChI=1S/C18H20ClNO3S/c1-3-14(12-4-6-13(23-2)7-5-12)20-18(22)11-8-15(21)16-9-10-17(19)24-16/h4-7,9-10,14H,3,8,11H2,1-2H3,(H,20,22). The van der Waals surface area contributed by atoms with Crippen LogP contribution < -0.4 is 10.1 Å². The Bertz CT molecular complexity index is 697. The Morgan fingerprint density at radius 1 is 1.17 bits per heavy atom. The number of halogens is 1. The third kappa shape index (κ3) is 5.08. The molecule has 24 heavy (non-hydrogen) atoms. The molecule has 0 saturated heterocycles. The highest BCUT2D eigenvalue weighted by molar-refractivity contribution is 7.18. The van der Waals surface area contributed by atoms with Gasteiger partial charge in [-0.1, -0.05) is 30.7 Å². The molecule has 0 fully saturated rings. The Labute approximate surface area is 150 Å². The average Bonchev–Trinajstić information content (AvgIpc) is 3.04. The van der Waals surface area contributed by atoms with Crippen LogP contribution in [0.15, 0.2) is 36.4 Å². The quantitative estimate of drug-likeness (QED) is 0.693. The summed E-state index contributed by atoms with van der Waals surface area (Å²) in [6.45, 7) is 2.01. The van der Waals surface area contributed by atoms with Gasteiger partial charge in [-0.15, -0.1) is 11.3 Å². The zero-order valence-corrected chi connectivity index (χ0v) is 15.2. The number of hydrogen-bond donors (Lipinski definition) is 1. The number of nitrogens with one attached hydrogen (secondary N) is 1. The Balaban J connectivity index is 1.88. The third-order valence-electron chi connectivity index (χ3n) is 3.69. The van der Waals surface area contributed by atoms with Crippen LogP contribution in [0.5, 0.6) is 5.75 Å². The number of carbonyl (C=O) groups excluding carboxylic acids is 2. The first-order valence-electron chi connectivity index (χ1n) is 7.75. The molecule has 0 spiro atoms. The van der Waals surface area contributed by atoms with Crippen molar-refractivity contribution in [3.8, 4) is 5.75 Å². The maximum atomic E-state index is 12.1. The second-order valence-corrected chi connectivity index (χ2v) is 7.04. The fourth-order valence-corrected chi connectivity index (χ4v) is 3.35. The normalized spacial score (nSPS) is 11.8. The van der Waals surface area contributed by atoms with Crippen LogP contribution in [0.1, 0.15) is 47.5 Å². The van der Waals surface area contributed by atoms with E-state index in [4.69, 9.17) is 16.3 Å². The molecule has 128 valence electrons. The molecule has 0 aliphatic heterocycles. The molecule has 1 amide bonds. The van der Waals surface area contributed by atoms with E-state index in [0.717, 1.165) is 17.7 Å². The second-order valence-electron chi connectivity index (χ2n) is 5.33. The number of rotatable bonds is 8. The number of ether oxygens (including phenoxy) is 1. The summed E-state index contributed by atoms with van der Waals surface area (Å²) in [5.41, 5.74) is 1.02. The summed E-state index contributed by atoms with van der Waals surface area (Å²) >= 11 is 7.06. The summed E-state index contributed by atoms with van der Waals surface area (Å²) in [7, 11) is 1.62. The van der Waals surface area contributed by atoms with E-state index < -0.39 is 0 Å². The first-order valence-corrected chi connectivity index (χ1v) is 8.94. The zero-order valence-electron chi connectivity index (χ0n) is 13.7. The van der Waals surface area contributed by atoms with Gasteiger partial charge in [-0.05, 0) is 36.2 Å². The highest BCUT2D eigenvalue weighted by Crippen LogP contribution is 2.23. The zero-order chi connectivity index (χ0) is 17.5. The molecule has 0 bridgehead atoms. The lowest BCUT2D eigenvalue weighted by molar-refractivity contribution is -0.121. The highest BCUT2D eigenvalue weighted by atomic mass is 35.5. The molecule has 2 rings (SSSR count). The van der Waals surface area contributed by atoms with E-state index in [-0.39, 0.29) is 30.6 Å². The fraction of sp³-hybridized carbons (Fsp3) is 0.333. The lowest BCUT2D eigenvalue weighted by Crippen LogP contribution is -2.28. The Morgan fingerprint density at radius 2 is 1.88 bits per heavy atom. The minimum Gasteiger partial charge on any atom is -0.497 e. The van der Waals surface area contributed by atoms with Gasteiger partial charge in [0.2, 0.25) is 5.91 Å². The topological polar surface area (TPSA) is 55.4 Å². The van der Waals surface area contributed by atoms with Gasteiger partial charge in [-0.3, -0.25) is 9.59 Å². The summed E-state index contributed by atoms with van der Waals surface area (Å²) in [4.78, 5) is 24.7. The molecule has 0 aliphatic rings. The SMILES string of the molecule is CCC(NC(=O)CCC(=O)c1ccc(Cl)s1)c1ccc(OC)cc1. The fourth-order valence-electron chi connectivity index (χ4n) is 2.34. The molecule has 0 radical (unpaired) electrons. The van der Waals surface area contributed by atoms with Gasteiger partial charge in [0, 0.05) is 12.8 Å². The Morgan fingerprint density at radius 3 is 2.42 bits per heavy atom. The molecule has 1 N–H and O–H groups in total. The van der Waals surface area contributed by atoms with Gasteiger partial charge in [0.05, 0.1) is 22.4 Å². The predicted molar refractivity (Wildman–Crippen MR) is 97.1 cm³/mol. The van der Waals surface area contributed by atoms with Crippen molar-refractivity contribution in [2.75, 3.05) is 7.11 Å². The number of Topliss-reactive ketones (excluding diaryl/α,β-unsaturated/α-hetero) is 1. The van der Waals surface area contributed by atoms with Crippen LogP contribution in [-0.4, -0.2) is 18.8 Å². The molecule has 6 heteroatoms. The minimum absolute atomic E-state index is 0.0560. The highest BCUT2D eigenvalue weighted by Gasteiger charge is 2.15. The molecular formula is C18H20ClNO3S. The van der Waals surface area contributed by atoms with Crippen LogP contribution in [0.3, 0.4) is 0 Å². The van der Waals surface area contributed by atoms with Gasteiger partial charge in [0.25, 0.3) is 0 Å². The molecule has 1 atom stereocenters.